The Morgan fingerprint density at radius 3 is 2.48 bits per heavy atom. The molecule has 0 heterocycles. The van der Waals surface area contributed by atoms with Crippen LogP contribution in [0.15, 0.2) is 42.5 Å². The Morgan fingerprint density at radius 2 is 1.86 bits per heavy atom. The number of hydrogen-bond acceptors (Lipinski definition) is 2. The average Bonchev–Trinajstić information content (AvgIpc) is 2.44. The van der Waals surface area contributed by atoms with E-state index in [1.54, 1.807) is 0 Å². The smallest absolute Gasteiger partial charge is 0.418 e. The van der Waals surface area contributed by atoms with Crippen molar-refractivity contribution in [1.82, 2.24) is 0 Å². The lowest BCUT2D eigenvalue weighted by Gasteiger charge is -2.16. The monoisotopic (exact) mass is 295 g/mol. The molecule has 0 aromatic heterocycles. The van der Waals surface area contributed by atoms with E-state index in [0.717, 1.165) is 17.2 Å². The Morgan fingerprint density at radius 1 is 1.10 bits per heavy atom. The predicted molar refractivity (Wildman–Crippen MR) is 76.5 cm³/mol. The van der Waals surface area contributed by atoms with Crippen molar-refractivity contribution in [3.8, 4) is 5.75 Å². The fourth-order valence-electron chi connectivity index (χ4n) is 2.06. The standard InChI is InChI=1S/C16H16F3NO/c1-11-4-3-5-12(8-11)10-20-15-7-6-13(21-2)9-14(15)16(17,18)19/h3-9,20H,10H2,1-2H3. The van der Waals surface area contributed by atoms with E-state index in [0.29, 0.717) is 6.54 Å². The first-order chi connectivity index (χ1) is 9.90. The van der Waals surface area contributed by atoms with Crippen LogP contribution < -0.4 is 10.1 Å². The first-order valence-corrected chi connectivity index (χ1v) is 6.45. The van der Waals surface area contributed by atoms with Crippen molar-refractivity contribution in [2.45, 2.75) is 19.6 Å². The molecule has 0 aliphatic rings. The predicted octanol–water partition coefficient (Wildman–Crippen LogP) is 4.63. The van der Waals surface area contributed by atoms with Gasteiger partial charge in [0.25, 0.3) is 0 Å². The maximum absolute atomic E-state index is 13.1. The van der Waals surface area contributed by atoms with Crippen molar-refractivity contribution in [1.29, 1.82) is 0 Å². The topological polar surface area (TPSA) is 21.3 Å². The molecule has 0 radical (unpaired) electrons. The van der Waals surface area contributed by atoms with E-state index in [1.807, 2.05) is 31.2 Å². The number of rotatable bonds is 4. The van der Waals surface area contributed by atoms with Crippen LogP contribution in [0.2, 0.25) is 0 Å². The van der Waals surface area contributed by atoms with Gasteiger partial charge in [0, 0.05) is 12.2 Å². The molecule has 0 atom stereocenters. The van der Waals surface area contributed by atoms with Crippen LogP contribution >= 0.6 is 0 Å². The highest BCUT2D eigenvalue weighted by molar-refractivity contribution is 5.56. The van der Waals surface area contributed by atoms with Crippen LogP contribution in [0.3, 0.4) is 0 Å². The minimum atomic E-state index is -4.43. The summed E-state index contributed by atoms with van der Waals surface area (Å²) in [5.41, 5.74) is 1.32. The highest BCUT2D eigenvalue weighted by Gasteiger charge is 2.34. The van der Waals surface area contributed by atoms with E-state index < -0.39 is 11.7 Å². The molecule has 21 heavy (non-hydrogen) atoms. The first kappa shape index (κ1) is 15.2. The van der Waals surface area contributed by atoms with Crippen LogP contribution in [-0.4, -0.2) is 7.11 Å². The van der Waals surface area contributed by atoms with Crippen molar-refractivity contribution in [2.75, 3.05) is 12.4 Å². The molecule has 2 aromatic rings. The maximum atomic E-state index is 13.1. The number of benzene rings is 2. The van der Waals surface area contributed by atoms with Gasteiger partial charge in [-0.1, -0.05) is 29.8 Å². The van der Waals surface area contributed by atoms with Gasteiger partial charge in [-0.3, -0.25) is 0 Å². The SMILES string of the molecule is COc1ccc(NCc2cccc(C)c2)c(C(F)(F)F)c1. The minimum Gasteiger partial charge on any atom is -0.497 e. The number of methoxy groups -OCH3 is 1. The second kappa shape index (κ2) is 6.08. The third kappa shape index (κ3) is 3.90. The number of nitrogens with one attached hydrogen (secondary N) is 1. The molecule has 2 aromatic carbocycles. The molecule has 2 nitrogen and oxygen atoms in total. The number of hydrogen-bond donors (Lipinski definition) is 1. The third-order valence-electron chi connectivity index (χ3n) is 3.10. The van der Waals surface area contributed by atoms with Gasteiger partial charge in [-0.15, -0.1) is 0 Å². The second-order valence-electron chi connectivity index (χ2n) is 4.75. The molecule has 0 saturated carbocycles. The lowest BCUT2D eigenvalue weighted by molar-refractivity contribution is -0.137. The molecule has 5 heteroatoms. The molecule has 112 valence electrons. The van der Waals surface area contributed by atoms with Gasteiger partial charge >= 0.3 is 6.18 Å². The Hall–Kier alpha value is -2.17. The Labute approximate surface area is 121 Å². The number of aryl methyl sites for hydroxylation is 1. The van der Waals surface area contributed by atoms with Crippen LogP contribution in [0.1, 0.15) is 16.7 Å². The summed E-state index contributed by atoms with van der Waals surface area (Å²) >= 11 is 0. The van der Waals surface area contributed by atoms with Gasteiger partial charge in [-0.2, -0.15) is 13.2 Å². The third-order valence-corrected chi connectivity index (χ3v) is 3.10. The molecule has 0 unspecified atom stereocenters. The summed E-state index contributed by atoms with van der Waals surface area (Å²) in [7, 11) is 1.34. The summed E-state index contributed by atoms with van der Waals surface area (Å²) < 4.78 is 44.0. The van der Waals surface area contributed by atoms with E-state index in [9.17, 15) is 13.2 Å². The van der Waals surface area contributed by atoms with Gasteiger partial charge in [0.15, 0.2) is 0 Å². The Bertz CT molecular complexity index is 623. The zero-order valence-electron chi connectivity index (χ0n) is 11.8. The molecule has 0 aliphatic heterocycles. The lowest BCUT2D eigenvalue weighted by atomic mass is 10.1. The molecule has 1 N–H and O–H groups in total. The lowest BCUT2D eigenvalue weighted by Crippen LogP contribution is -2.11. The van der Waals surface area contributed by atoms with E-state index in [-0.39, 0.29) is 11.4 Å². The fraction of sp³-hybridized carbons (Fsp3) is 0.250. The van der Waals surface area contributed by atoms with Crippen molar-refractivity contribution in [3.63, 3.8) is 0 Å². The normalized spacial score (nSPS) is 11.3. The van der Waals surface area contributed by atoms with E-state index in [4.69, 9.17) is 4.74 Å². The van der Waals surface area contributed by atoms with Crippen molar-refractivity contribution in [2.24, 2.45) is 0 Å². The molecule has 0 amide bonds. The molecular formula is C16H16F3NO. The van der Waals surface area contributed by atoms with Crippen LogP contribution in [0, 0.1) is 6.92 Å². The zero-order chi connectivity index (χ0) is 15.5. The van der Waals surface area contributed by atoms with Gasteiger partial charge in [0.2, 0.25) is 0 Å². The zero-order valence-corrected chi connectivity index (χ0v) is 11.8. The van der Waals surface area contributed by atoms with Crippen molar-refractivity contribution in [3.05, 3.63) is 59.2 Å². The quantitative estimate of drug-likeness (QED) is 0.887. The molecule has 0 saturated heterocycles. The summed E-state index contributed by atoms with van der Waals surface area (Å²) in [6.07, 6.45) is -4.43. The van der Waals surface area contributed by atoms with Gasteiger partial charge in [0.1, 0.15) is 5.75 Å². The van der Waals surface area contributed by atoms with Crippen molar-refractivity contribution >= 4 is 5.69 Å². The fourth-order valence-corrected chi connectivity index (χ4v) is 2.06. The van der Waals surface area contributed by atoms with Crippen molar-refractivity contribution < 1.29 is 17.9 Å². The number of anilines is 1. The summed E-state index contributed by atoms with van der Waals surface area (Å²) in [4.78, 5) is 0. The largest absolute Gasteiger partial charge is 0.497 e. The second-order valence-corrected chi connectivity index (χ2v) is 4.75. The van der Waals surface area contributed by atoms with E-state index in [1.165, 1.54) is 19.2 Å². The molecule has 0 bridgehead atoms. The maximum Gasteiger partial charge on any atom is 0.418 e. The number of ether oxygens (including phenoxy) is 1. The summed E-state index contributed by atoms with van der Waals surface area (Å²) in [6.45, 7) is 2.27. The molecule has 2 rings (SSSR count). The van der Waals surface area contributed by atoms with Gasteiger partial charge in [-0.25, -0.2) is 0 Å². The Kier molecular flexibility index (Phi) is 4.40. The van der Waals surface area contributed by atoms with E-state index >= 15 is 0 Å². The van der Waals surface area contributed by atoms with Gasteiger partial charge < -0.3 is 10.1 Å². The van der Waals surface area contributed by atoms with Gasteiger partial charge in [-0.05, 0) is 30.7 Å². The summed E-state index contributed by atoms with van der Waals surface area (Å²) in [6, 6.07) is 11.5. The number of alkyl halides is 3. The van der Waals surface area contributed by atoms with E-state index in [2.05, 4.69) is 5.32 Å². The molecule has 0 aliphatic carbocycles. The van der Waals surface area contributed by atoms with Crippen LogP contribution in [0.25, 0.3) is 0 Å². The van der Waals surface area contributed by atoms with Gasteiger partial charge in [0.05, 0.1) is 12.7 Å². The molecule has 0 spiro atoms. The average molecular weight is 295 g/mol. The molecular weight excluding hydrogens is 279 g/mol. The Balaban J connectivity index is 2.23. The highest BCUT2D eigenvalue weighted by atomic mass is 19.4. The van der Waals surface area contributed by atoms with Crippen LogP contribution in [0.5, 0.6) is 5.75 Å². The van der Waals surface area contributed by atoms with Crippen LogP contribution in [-0.2, 0) is 12.7 Å². The first-order valence-electron chi connectivity index (χ1n) is 6.45. The molecule has 0 fully saturated rings. The minimum absolute atomic E-state index is 0.0461. The summed E-state index contributed by atoms with van der Waals surface area (Å²) in [5.74, 6) is 0.184. The number of halogens is 3. The van der Waals surface area contributed by atoms with Crippen LogP contribution in [0.4, 0.5) is 18.9 Å². The highest BCUT2D eigenvalue weighted by Crippen LogP contribution is 2.37. The summed E-state index contributed by atoms with van der Waals surface area (Å²) in [5, 5.41) is 2.84.